The summed E-state index contributed by atoms with van der Waals surface area (Å²) in [6.07, 6.45) is 5.45. The van der Waals surface area contributed by atoms with E-state index < -0.39 is 0 Å². The highest BCUT2D eigenvalue weighted by Crippen LogP contribution is 2.10. The molecule has 1 aliphatic heterocycles. The lowest BCUT2D eigenvalue weighted by atomic mass is 10.2. The average Bonchev–Trinajstić information content (AvgIpc) is 2.55. The number of rotatable bonds is 7. The number of unbranched alkanes of at least 4 members (excludes halogenated alkanes) is 1. The third-order valence-electron chi connectivity index (χ3n) is 3.60. The molecule has 1 aliphatic rings. The van der Waals surface area contributed by atoms with Crippen LogP contribution in [-0.2, 0) is 9.53 Å². The first-order chi connectivity index (χ1) is 10.7. The Kier molecular flexibility index (Phi) is 7.43. The molecule has 0 spiro atoms. The number of ether oxygens (including phenoxy) is 1. The number of carbonyl (C=O) groups is 1. The fourth-order valence-electron chi connectivity index (χ4n) is 2.30. The summed E-state index contributed by atoms with van der Waals surface area (Å²) in [5.74, 6) is -0.0543. The summed E-state index contributed by atoms with van der Waals surface area (Å²) in [5, 5.41) is 3.60. The first-order valence-electron chi connectivity index (χ1n) is 7.75. The van der Waals surface area contributed by atoms with E-state index in [1.54, 1.807) is 12.2 Å². The Morgan fingerprint density at radius 1 is 1.23 bits per heavy atom. The quantitative estimate of drug-likeness (QED) is 0.619. The second-order valence-electron chi connectivity index (χ2n) is 5.34. The minimum atomic E-state index is -0.0543. The minimum absolute atomic E-state index is 0.0543. The van der Waals surface area contributed by atoms with Crippen molar-refractivity contribution in [2.24, 2.45) is 0 Å². The van der Waals surface area contributed by atoms with Crippen LogP contribution in [0.3, 0.4) is 0 Å². The molecule has 0 radical (unpaired) electrons. The maximum atomic E-state index is 11.7. The van der Waals surface area contributed by atoms with Gasteiger partial charge in [0, 0.05) is 30.7 Å². The van der Waals surface area contributed by atoms with Gasteiger partial charge in [-0.1, -0.05) is 23.7 Å². The normalized spacial score (nSPS) is 16.0. The van der Waals surface area contributed by atoms with Crippen molar-refractivity contribution in [3.8, 4) is 0 Å². The summed E-state index contributed by atoms with van der Waals surface area (Å²) in [6.45, 7) is 5.53. The molecule has 22 heavy (non-hydrogen) atoms. The summed E-state index contributed by atoms with van der Waals surface area (Å²) in [7, 11) is 0. The lowest BCUT2D eigenvalue weighted by molar-refractivity contribution is -0.116. The van der Waals surface area contributed by atoms with Gasteiger partial charge in [-0.3, -0.25) is 9.69 Å². The van der Waals surface area contributed by atoms with Crippen molar-refractivity contribution in [1.82, 2.24) is 10.2 Å². The maximum absolute atomic E-state index is 11.7. The molecule has 1 aromatic carbocycles. The van der Waals surface area contributed by atoms with Crippen molar-refractivity contribution in [2.75, 3.05) is 39.4 Å². The highest BCUT2D eigenvalue weighted by molar-refractivity contribution is 6.30. The lowest BCUT2D eigenvalue weighted by Crippen LogP contribution is -2.37. The number of carbonyl (C=O) groups excluding carboxylic acids is 1. The lowest BCUT2D eigenvalue weighted by Gasteiger charge is -2.26. The van der Waals surface area contributed by atoms with Gasteiger partial charge in [0.1, 0.15) is 0 Å². The molecule has 120 valence electrons. The molecule has 1 N–H and O–H groups in total. The average molecular weight is 323 g/mol. The van der Waals surface area contributed by atoms with E-state index in [0.717, 1.165) is 51.3 Å². The zero-order valence-electron chi connectivity index (χ0n) is 12.8. The molecule has 0 unspecified atom stereocenters. The van der Waals surface area contributed by atoms with E-state index in [1.807, 2.05) is 24.3 Å². The van der Waals surface area contributed by atoms with Crippen LogP contribution in [0.4, 0.5) is 0 Å². The van der Waals surface area contributed by atoms with Gasteiger partial charge in [-0.15, -0.1) is 0 Å². The van der Waals surface area contributed by atoms with Crippen LogP contribution in [-0.4, -0.2) is 50.2 Å². The number of morpholine rings is 1. The summed E-state index contributed by atoms with van der Waals surface area (Å²) < 4.78 is 5.31. The van der Waals surface area contributed by atoms with Crippen LogP contribution < -0.4 is 5.32 Å². The van der Waals surface area contributed by atoms with Crippen molar-refractivity contribution >= 4 is 23.6 Å². The van der Waals surface area contributed by atoms with Gasteiger partial charge < -0.3 is 10.1 Å². The van der Waals surface area contributed by atoms with Crippen molar-refractivity contribution < 1.29 is 9.53 Å². The molecule has 1 heterocycles. The van der Waals surface area contributed by atoms with Crippen LogP contribution in [0.25, 0.3) is 6.08 Å². The van der Waals surface area contributed by atoms with Gasteiger partial charge in [-0.2, -0.15) is 0 Å². The predicted molar refractivity (Wildman–Crippen MR) is 90.0 cm³/mol. The van der Waals surface area contributed by atoms with Crippen molar-refractivity contribution in [3.63, 3.8) is 0 Å². The van der Waals surface area contributed by atoms with E-state index in [0.29, 0.717) is 11.6 Å². The van der Waals surface area contributed by atoms with Crippen LogP contribution in [0, 0.1) is 0 Å². The minimum Gasteiger partial charge on any atom is -0.379 e. The number of hydrogen-bond donors (Lipinski definition) is 1. The molecule has 0 atom stereocenters. The van der Waals surface area contributed by atoms with Crippen LogP contribution >= 0.6 is 11.6 Å². The maximum Gasteiger partial charge on any atom is 0.243 e. The number of nitrogens with one attached hydrogen (secondary N) is 1. The molecular weight excluding hydrogens is 300 g/mol. The molecule has 5 heteroatoms. The van der Waals surface area contributed by atoms with Gasteiger partial charge in [-0.25, -0.2) is 0 Å². The number of amides is 1. The number of benzene rings is 1. The molecule has 1 fully saturated rings. The van der Waals surface area contributed by atoms with Gasteiger partial charge in [0.25, 0.3) is 0 Å². The van der Waals surface area contributed by atoms with Gasteiger partial charge in [0.15, 0.2) is 0 Å². The van der Waals surface area contributed by atoms with E-state index >= 15 is 0 Å². The first kappa shape index (κ1) is 17.0. The molecule has 1 amide bonds. The Balaban J connectivity index is 1.56. The zero-order valence-corrected chi connectivity index (χ0v) is 13.5. The van der Waals surface area contributed by atoms with E-state index in [4.69, 9.17) is 16.3 Å². The largest absolute Gasteiger partial charge is 0.379 e. The third-order valence-corrected chi connectivity index (χ3v) is 3.85. The summed E-state index contributed by atoms with van der Waals surface area (Å²) in [4.78, 5) is 14.1. The molecular formula is C17H23ClN2O2. The molecule has 0 bridgehead atoms. The zero-order chi connectivity index (χ0) is 15.6. The highest BCUT2D eigenvalue weighted by Gasteiger charge is 2.08. The van der Waals surface area contributed by atoms with E-state index in [-0.39, 0.29) is 5.91 Å². The monoisotopic (exact) mass is 322 g/mol. The predicted octanol–water partition coefficient (Wildman–Crippen LogP) is 2.58. The second kappa shape index (κ2) is 9.62. The van der Waals surface area contributed by atoms with Gasteiger partial charge in [0.2, 0.25) is 5.91 Å². The Morgan fingerprint density at radius 3 is 2.68 bits per heavy atom. The first-order valence-corrected chi connectivity index (χ1v) is 8.13. The van der Waals surface area contributed by atoms with Crippen molar-refractivity contribution in [2.45, 2.75) is 12.8 Å². The molecule has 1 aromatic rings. The fourth-order valence-corrected chi connectivity index (χ4v) is 2.43. The molecule has 0 saturated carbocycles. The number of halogens is 1. The van der Waals surface area contributed by atoms with Crippen LogP contribution in [0.2, 0.25) is 5.02 Å². The van der Waals surface area contributed by atoms with E-state index in [2.05, 4.69) is 10.2 Å². The van der Waals surface area contributed by atoms with Gasteiger partial charge >= 0.3 is 0 Å². The summed E-state index contributed by atoms with van der Waals surface area (Å²) in [5.41, 5.74) is 0.965. The fraction of sp³-hybridized carbons (Fsp3) is 0.471. The third kappa shape index (κ3) is 6.60. The smallest absolute Gasteiger partial charge is 0.243 e. The van der Waals surface area contributed by atoms with E-state index in [1.165, 1.54) is 0 Å². The topological polar surface area (TPSA) is 41.6 Å². The summed E-state index contributed by atoms with van der Waals surface area (Å²) >= 11 is 5.81. The Morgan fingerprint density at radius 2 is 1.95 bits per heavy atom. The Hall–Kier alpha value is -1.36. The number of nitrogens with zero attached hydrogens (tertiary/aromatic N) is 1. The van der Waals surface area contributed by atoms with Crippen LogP contribution in [0.15, 0.2) is 30.3 Å². The standard InChI is InChI=1S/C17H23ClN2O2/c18-16-6-3-15(4-7-16)5-8-17(21)19-9-1-2-10-20-11-13-22-14-12-20/h3-8H,1-2,9-14H2,(H,19,21). The van der Waals surface area contributed by atoms with Gasteiger partial charge in [-0.05, 0) is 43.2 Å². The molecule has 2 rings (SSSR count). The number of hydrogen-bond acceptors (Lipinski definition) is 3. The summed E-state index contributed by atoms with van der Waals surface area (Å²) in [6, 6.07) is 7.39. The Labute approximate surface area is 137 Å². The van der Waals surface area contributed by atoms with Crippen LogP contribution in [0.1, 0.15) is 18.4 Å². The molecule has 0 aromatic heterocycles. The van der Waals surface area contributed by atoms with Gasteiger partial charge in [0.05, 0.1) is 13.2 Å². The second-order valence-corrected chi connectivity index (χ2v) is 5.77. The van der Waals surface area contributed by atoms with Crippen molar-refractivity contribution in [1.29, 1.82) is 0 Å². The van der Waals surface area contributed by atoms with Crippen LogP contribution in [0.5, 0.6) is 0 Å². The molecule has 1 saturated heterocycles. The highest BCUT2D eigenvalue weighted by atomic mass is 35.5. The van der Waals surface area contributed by atoms with Crippen molar-refractivity contribution in [3.05, 3.63) is 40.9 Å². The molecule has 0 aliphatic carbocycles. The van der Waals surface area contributed by atoms with E-state index in [9.17, 15) is 4.79 Å². The molecule has 4 nitrogen and oxygen atoms in total. The Bertz CT molecular complexity index is 482. The SMILES string of the molecule is O=C(C=Cc1ccc(Cl)cc1)NCCCCN1CCOCC1.